The summed E-state index contributed by atoms with van der Waals surface area (Å²) in [6.45, 7) is 5.46. The first kappa shape index (κ1) is 13.5. The minimum atomic E-state index is -0.371. The van der Waals surface area contributed by atoms with E-state index in [2.05, 4.69) is 10.3 Å². The Labute approximate surface area is 112 Å². The summed E-state index contributed by atoms with van der Waals surface area (Å²) in [5.41, 5.74) is 1.91. The van der Waals surface area contributed by atoms with Crippen molar-refractivity contribution in [3.05, 3.63) is 53.6 Å². The molecule has 3 nitrogen and oxygen atoms in total. The van der Waals surface area contributed by atoms with E-state index in [0.717, 1.165) is 17.7 Å². The third kappa shape index (κ3) is 3.51. The predicted octanol–water partition coefficient (Wildman–Crippen LogP) is 3.43. The molecule has 0 saturated carbocycles. The summed E-state index contributed by atoms with van der Waals surface area (Å²) in [6, 6.07) is 6.67. The van der Waals surface area contributed by atoms with Crippen molar-refractivity contribution >= 4 is 0 Å². The number of nitrogens with zero attached hydrogens (tertiary/aromatic N) is 1. The molecule has 2 aromatic rings. The first-order chi connectivity index (χ1) is 9.20. The molecule has 1 aromatic carbocycles. The highest BCUT2D eigenvalue weighted by Crippen LogP contribution is 2.27. The quantitative estimate of drug-likeness (QED) is 0.894. The van der Waals surface area contributed by atoms with E-state index in [1.54, 1.807) is 24.5 Å². The number of hydrogen-bond acceptors (Lipinski definition) is 3. The van der Waals surface area contributed by atoms with Gasteiger partial charge in [0.1, 0.15) is 5.75 Å². The van der Waals surface area contributed by atoms with Crippen LogP contribution < -0.4 is 10.1 Å². The lowest BCUT2D eigenvalue weighted by atomic mass is 10.2. The van der Waals surface area contributed by atoms with Crippen LogP contribution in [0.25, 0.3) is 0 Å². The van der Waals surface area contributed by atoms with Crippen LogP contribution in [0.1, 0.15) is 18.1 Å². The number of ether oxygens (including phenoxy) is 1. The maximum Gasteiger partial charge on any atom is 0.165 e. The van der Waals surface area contributed by atoms with Gasteiger partial charge in [0.2, 0.25) is 0 Å². The molecule has 0 aliphatic rings. The lowest BCUT2D eigenvalue weighted by Crippen LogP contribution is -2.12. The van der Waals surface area contributed by atoms with Crippen LogP contribution in [0.3, 0.4) is 0 Å². The zero-order valence-corrected chi connectivity index (χ0v) is 11.1. The smallest absolute Gasteiger partial charge is 0.165 e. The van der Waals surface area contributed by atoms with E-state index in [1.807, 2.05) is 19.9 Å². The number of benzene rings is 1. The fraction of sp³-hybridized carbons (Fsp3) is 0.267. The highest BCUT2D eigenvalue weighted by Gasteiger charge is 2.08. The van der Waals surface area contributed by atoms with Crippen molar-refractivity contribution in [1.82, 2.24) is 10.3 Å². The topological polar surface area (TPSA) is 34.2 Å². The molecule has 100 valence electrons. The van der Waals surface area contributed by atoms with Crippen molar-refractivity contribution in [2.75, 3.05) is 6.54 Å². The van der Waals surface area contributed by atoms with Gasteiger partial charge >= 0.3 is 0 Å². The number of hydrogen-bond donors (Lipinski definition) is 1. The Hall–Kier alpha value is -1.94. The maximum absolute atomic E-state index is 13.7. The van der Waals surface area contributed by atoms with Crippen molar-refractivity contribution in [2.24, 2.45) is 0 Å². The summed E-state index contributed by atoms with van der Waals surface area (Å²) in [5, 5.41) is 3.22. The molecule has 19 heavy (non-hydrogen) atoms. The Morgan fingerprint density at radius 3 is 2.89 bits per heavy atom. The van der Waals surface area contributed by atoms with Gasteiger partial charge in [-0.05, 0) is 37.2 Å². The number of halogens is 1. The van der Waals surface area contributed by atoms with E-state index in [1.165, 1.54) is 6.07 Å². The molecule has 0 radical (unpaired) electrons. The lowest BCUT2D eigenvalue weighted by molar-refractivity contribution is 0.434. The van der Waals surface area contributed by atoms with Crippen LogP contribution in [-0.2, 0) is 6.54 Å². The van der Waals surface area contributed by atoms with Crippen LogP contribution >= 0.6 is 0 Å². The maximum atomic E-state index is 13.7. The first-order valence-corrected chi connectivity index (χ1v) is 6.28. The second kappa shape index (κ2) is 6.29. The highest BCUT2D eigenvalue weighted by atomic mass is 19.1. The van der Waals surface area contributed by atoms with Crippen LogP contribution in [-0.4, -0.2) is 11.5 Å². The monoisotopic (exact) mass is 260 g/mol. The molecule has 1 aromatic heterocycles. The molecule has 0 atom stereocenters. The highest BCUT2D eigenvalue weighted by molar-refractivity contribution is 5.37. The number of nitrogens with one attached hydrogen (secondary N) is 1. The summed E-state index contributed by atoms with van der Waals surface area (Å²) in [4.78, 5) is 4.03. The van der Waals surface area contributed by atoms with Crippen molar-refractivity contribution in [2.45, 2.75) is 20.4 Å². The van der Waals surface area contributed by atoms with Gasteiger partial charge in [0.25, 0.3) is 0 Å². The fourth-order valence-corrected chi connectivity index (χ4v) is 1.71. The van der Waals surface area contributed by atoms with Gasteiger partial charge in [0, 0.05) is 18.3 Å². The third-order valence-electron chi connectivity index (χ3n) is 2.74. The van der Waals surface area contributed by atoms with Crippen LogP contribution in [0, 0.1) is 12.7 Å². The summed E-state index contributed by atoms with van der Waals surface area (Å²) in [6.07, 6.45) is 3.31. The summed E-state index contributed by atoms with van der Waals surface area (Å²) in [5.74, 6) is 0.433. The molecule has 0 fully saturated rings. The second-order valence-electron chi connectivity index (χ2n) is 4.30. The normalized spacial score (nSPS) is 10.5. The summed E-state index contributed by atoms with van der Waals surface area (Å²) >= 11 is 0. The number of rotatable bonds is 5. The number of aromatic nitrogens is 1. The molecule has 4 heteroatoms. The van der Waals surface area contributed by atoms with Gasteiger partial charge in [-0.2, -0.15) is 0 Å². The van der Waals surface area contributed by atoms with Crippen LogP contribution in [0.4, 0.5) is 4.39 Å². The predicted molar refractivity (Wildman–Crippen MR) is 72.8 cm³/mol. The van der Waals surface area contributed by atoms with Crippen LogP contribution in [0.15, 0.2) is 36.7 Å². The molecule has 0 spiro atoms. The minimum Gasteiger partial charge on any atom is -0.452 e. The first-order valence-electron chi connectivity index (χ1n) is 6.28. The van der Waals surface area contributed by atoms with Crippen LogP contribution in [0.5, 0.6) is 11.5 Å². The third-order valence-corrected chi connectivity index (χ3v) is 2.74. The van der Waals surface area contributed by atoms with Crippen LogP contribution in [0.2, 0.25) is 0 Å². The summed E-state index contributed by atoms with van der Waals surface area (Å²) < 4.78 is 19.3. The molecule has 0 bridgehead atoms. The van der Waals surface area contributed by atoms with E-state index in [-0.39, 0.29) is 11.6 Å². The number of aryl methyl sites for hydroxylation is 1. The number of pyridine rings is 1. The van der Waals surface area contributed by atoms with Gasteiger partial charge in [-0.3, -0.25) is 4.98 Å². The average Bonchev–Trinajstić information content (AvgIpc) is 2.42. The Kier molecular flexibility index (Phi) is 4.47. The molecular formula is C15H17FN2O. The van der Waals surface area contributed by atoms with Gasteiger partial charge < -0.3 is 10.1 Å². The SMILES string of the molecule is CCNCc1ccncc1Oc1cc(C)ccc1F. The zero-order chi connectivity index (χ0) is 13.7. The molecule has 0 aliphatic heterocycles. The Morgan fingerprint density at radius 2 is 2.11 bits per heavy atom. The molecule has 1 heterocycles. The van der Waals surface area contributed by atoms with Gasteiger partial charge in [-0.15, -0.1) is 0 Å². The molecule has 0 aliphatic carbocycles. The Morgan fingerprint density at radius 1 is 1.26 bits per heavy atom. The standard InChI is InChI=1S/C15H17FN2O/c1-3-17-9-12-6-7-18-10-15(12)19-14-8-11(2)4-5-13(14)16/h4-8,10,17H,3,9H2,1-2H3. The van der Waals surface area contributed by atoms with Gasteiger partial charge in [0.15, 0.2) is 11.6 Å². The van der Waals surface area contributed by atoms with Gasteiger partial charge in [0.05, 0.1) is 6.20 Å². The largest absolute Gasteiger partial charge is 0.452 e. The zero-order valence-electron chi connectivity index (χ0n) is 11.1. The molecule has 1 N–H and O–H groups in total. The van der Waals surface area contributed by atoms with E-state index >= 15 is 0 Å². The van der Waals surface area contributed by atoms with E-state index in [0.29, 0.717) is 12.3 Å². The minimum absolute atomic E-state index is 0.228. The molecular weight excluding hydrogens is 243 g/mol. The van der Waals surface area contributed by atoms with Gasteiger partial charge in [-0.25, -0.2) is 4.39 Å². The summed E-state index contributed by atoms with van der Waals surface area (Å²) in [7, 11) is 0. The molecule has 2 rings (SSSR count). The van der Waals surface area contributed by atoms with Crippen molar-refractivity contribution in [3.8, 4) is 11.5 Å². The van der Waals surface area contributed by atoms with Gasteiger partial charge in [-0.1, -0.05) is 13.0 Å². The fourth-order valence-electron chi connectivity index (χ4n) is 1.71. The van der Waals surface area contributed by atoms with Crippen molar-refractivity contribution in [1.29, 1.82) is 0 Å². The Bertz CT molecular complexity index is 558. The lowest BCUT2D eigenvalue weighted by Gasteiger charge is -2.11. The molecule has 0 saturated heterocycles. The Balaban J connectivity index is 2.25. The second-order valence-corrected chi connectivity index (χ2v) is 4.30. The van der Waals surface area contributed by atoms with E-state index in [4.69, 9.17) is 4.74 Å². The molecule has 0 amide bonds. The van der Waals surface area contributed by atoms with E-state index < -0.39 is 0 Å². The van der Waals surface area contributed by atoms with Crippen molar-refractivity contribution in [3.63, 3.8) is 0 Å². The van der Waals surface area contributed by atoms with Crippen molar-refractivity contribution < 1.29 is 9.13 Å². The average molecular weight is 260 g/mol. The van der Waals surface area contributed by atoms with E-state index in [9.17, 15) is 4.39 Å². The molecule has 0 unspecified atom stereocenters.